The van der Waals surface area contributed by atoms with Gasteiger partial charge in [-0.15, -0.1) is 11.8 Å². The smallest absolute Gasteiger partial charge is 0.309 e. The predicted molar refractivity (Wildman–Crippen MR) is 115 cm³/mol. The number of hydrogen-bond donors (Lipinski definition) is 0. The van der Waals surface area contributed by atoms with Crippen molar-refractivity contribution in [2.24, 2.45) is 0 Å². The number of fused-ring (bicyclic) bond motifs is 1. The lowest BCUT2D eigenvalue weighted by Gasteiger charge is -2.13. The van der Waals surface area contributed by atoms with Crippen molar-refractivity contribution >= 4 is 44.3 Å². The Hall–Kier alpha value is -1.68. The second-order valence-corrected chi connectivity index (χ2v) is 10.4. The number of halogens is 4. The van der Waals surface area contributed by atoms with Crippen LogP contribution in [0.1, 0.15) is 11.3 Å². The van der Waals surface area contributed by atoms with Gasteiger partial charge in [-0.3, -0.25) is 0 Å². The van der Waals surface area contributed by atoms with E-state index in [9.17, 15) is 21.6 Å². The van der Waals surface area contributed by atoms with Gasteiger partial charge in [0.25, 0.3) is 10.0 Å². The average Bonchev–Trinajstić information content (AvgIpc) is 2.92. The van der Waals surface area contributed by atoms with Crippen LogP contribution in [-0.2, 0) is 16.2 Å². The van der Waals surface area contributed by atoms with Crippen LogP contribution in [0.5, 0.6) is 0 Å². The van der Waals surface area contributed by atoms with Crippen LogP contribution in [0.4, 0.5) is 13.2 Å². The zero-order valence-electron chi connectivity index (χ0n) is 16.5. The van der Waals surface area contributed by atoms with E-state index >= 15 is 0 Å². The Morgan fingerprint density at radius 2 is 1.83 bits per heavy atom. The maximum Gasteiger partial charge on any atom is 0.416 e. The van der Waals surface area contributed by atoms with E-state index in [-0.39, 0.29) is 0 Å². The van der Waals surface area contributed by atoms with Gasteiger partial charge in [-0.1, -0.05) is 17.7 Å². The lowest BCUT2D eigenvalue weighted by atomic mass is 10.2. The highest BCUT2D eigenvalue weighted by molar-refractivity contribution is 7.99. The molecule has 0 aliphatic heterocycles. The summed E-state index contributed by atoms with van der Waals surface area (Å²) in [4.78, 5) is 2.33. The number of benzene rings is 2. The highest BCUT2D eigenvalue weighted by Crippen LogP contribution is 2.38. The maximum atomic E-state index is 13.4. The number of nitrogens with zero attached hydrogens (tertiary/aromatic N) is 2. The first-order valence-corrected chi connectivity index (χ1v) is 11.7. The molecule has 0 amide bonds. The van der Waals surface area contributed by atoms with E-state index in [0.717, 1.165) is 27.5 Å². The molecule has 4 nitrogen and oxygen atoms in total. The fraction of sp³-hybridized carbons (Fsp3) is 0.300. The van der Waals surface area contributed by atoms with Crippen molar-refractivity contribution in [3.8, 4) is 0 Å². The largest absolute Gasteiger partial charge is 0.416 e. The molecule has 0 saturated carbocycles. The molecule has 0 aliphatic rings. The van der Waals surface area contributed by atoms with Crippen molar-refractivity contribution < 1.29 is 21.6 Å². The lowest BCUT2D eigenvalue weighted by Crippen LogP contribution is -2.16. The first-order valence-electron chi connectivity index (χ1n) is 8.94. The van der Waals surface area contributed by atoms with E-state index in [1.54, 1.807) is 25.1 Å². The van der Waals surface area contributed by atoms with Gasteiger partial charge in [0.1, 0.15) is 0 Å². The summed E-state index contributed by atoms with van der Waals surface area (Å²) in [6.45, 7) is 2.43. The summed E-state index contributed by atoms with van der Waals surface area (Å²) in [5.74, 6) is 0.711. The molecule has 1 heterocycles. The summed E-state index contributed by atoms with van der Waals surface area (Å²) in [5.41, 5.74) is -0.198. The highest BCUT2D eigenvalue weighted by atomic mass is 35.5. The summed E-state index contributed by atoms with van der Waals surface area (Å²) in [5, 5.41) is 1.10. The van der Waals surface area contributed by atoms with Gasteiger partial charge in [-0.25, -0.2) is 12.4 Å². The van der Waals surface area contributed by atoms with Gasteiger partial charge in [0.2, 0.25) is 0 Å². The molecule has 0 spiro atoms. The molecular formula is C20H20ClF3N2O2S2. The van der Waals surface area contributed by atoms with E-state index in [2.05, 4.69) is 0 Å². The van der Waals surface area contributed by atoms with Crippen LogP contribution in [-0.4, -0.2) is 43.7 Å². The second-order valence-electron chi connectivity index (χ2n) is 7.02. The molecule has 2 aromatic carbocycles. The van der Waals surface area contributed by atoms with Crippen LogP contribution in [0.3, 0.4) is 0 Å². The molecule has 162 valence electrons. The van der Waals surface area contributed by atoms with Crippen molar-refractivity contribution in [2.45, 2.75) is 22.9 Å². The first kappa shape index (κ1) is 23.0. The van der Waals surface area contributed by atoms with Crippen LogP contribution >= 0.6 is 23.4 Å². The van der Waals surface area contributed by atoms with E-state index in [4.69, 9.17) is 11.6 Å². The minimum atomic E-state index is -4.64. The number of rotatable bonds is 6. The molecule has 1 aromatic heterocycles. The van der Waals surface area contributed by atoms with E-state index in [1.807, 2.05) is 19.0 Å². The number of alkyl halides is 3. The molecule has 0 fully saturated rings. The Morgan fingerprint density at radius 1 is 1.13 bits per heavy atom. The van der Waals surface area contributed by atoms with E-state index in [1.165, 1.54) is 17.8 Å². The molecule has 0 N–H and O–H groups in total. The van der Waals surface area contributed by atoms with Crippen molar-refractivity contribution in [3.05, 3.63) is 58.7 Å². The Kier molecular flexibility index (Phi) is 6.48. The van der Waals surface area contributed by atoms with Crippen molar-refractivity contribution in [1.29, 1.82) is 0 Å². The summed E-state index contributed by atoms with van der Waals surface area (Å²) < 4.78 is 67.2. The minimum Gasteiger partial charge on any atom is -0.309 e. The Bertz CT molecular complexity index is 1190. The van der Waals surface area contributed by atoms with Crippen molar-refractivity contribution in [1.82, 2.24) is 8.87 Å². The summed E-state index contributed by atoms with van der Waals surface area (Å²) >= 11 is 7.63. The standard InChI is InChI=1S/C20H20ClF3N2O2S2/c1-13-19(29-10-9-25(2)3)17-12-15(21)7-8-18(17)26(13)30(27,28)16-6-4-5-14(11-16)20(22,23)24/h4-8,11-12H,9-10H2,1-3H3. The Labute approximate surface area is 182 Å². The van der Waals surface area contributed by atoms with Crippen LogP contribution in [0.25, 0.3) is 10.9 Å². The Morgan fingerprint density at radius 3 is 2.47 bits per heavy atom. The maximum absolute atomic E-state index is 13.4. The molecular weight excluding hydrogens is 457 g/mol. The van der Waals surface area contributed by atoms with Gasteiger partial charge in [-0.2, -0.15) is 13.2 Å². The third-order valence-corrected chi connectivity index (χ3v) is 7.77. The highest BCUT2D eigenvalue weighted by Gasteiger charge is 2.33. The topological polar surface area (TPSA) is 42.3 Å². The van der Waals surface area contributed by atoms with Crippen LogP contribution in [0.2, 0.25) is 5.02 Å². The zero-order chi connectivity index (χ0) is 22.3. The number of hydrogen-bond acceptors (Lipinski definition) is 4. The molecule has 30 heavy (non-hydrogen) atoms. The molecule has 0 saturated heterocycles. The molecule has 0 radical (unpaired) electrons. The van der Waals surface area contributed by atoms with Crippen LogP contribution in [0.15, 0.2) is 52.3 Å². The third kappa shape index (κ3) is 4.49. The van der Waals surface area contributed by atoms with Crippen molar-refractivity contribution in [3.63, 3.8) is 0 Å². The van der Waals surface area contributed by atoms with Gasteiger partial charge in [0.05, 0.1) is 16.0 Å². The van der Waals surface area contributed by atoms with Gasteiger partial charge in [-0.05, 0) is 57.4 Å². The minimum absolute atomic E-state index is 0.377. The van der Waals surface area contributed by atoms with E-state index < -0.39 is 26.7 Å². The molecule has 3 rings (SSSR count). The number of thioether (sulfide) groups is 1. The van der Waals surface area contributed by atoms with E-state index in [0.29, 0.717) is 33.4 Å². The summed E-state index contributed by atoms with van der Waals surface area (Å²) in [6, 6.07) is 8.60. The molecule has 3 aromatic rings. The molecule has 0 unspecified atom stereocenters. The predicted octanol–water partition coefficient (Wildman–Crippen LogP) is 5.51. The first-order chi connectivity index (χ1) is 13.9. The lowest BCUT2D eigenvalue weighted by molar-refractivity contribution is -0.137. The average molecular weight is 477 g/mol. The SMILES string of the molecule is Cc1c(SCCN(C)C)c2cc(Cl)ccc2n1S(=O)(=O)c1cccc(C(F)(F)F)c1. The zero-order valence-corrected chi connectivity index (χ0v) is 18.9. The normalized spacial score (nSPS) is 12.8. The molecule has 0 atom stereocenters. The fourth-order valence-corrected chi connectivity index (χ4v) is 6.21. The molecule has 10 heteroatoms. The second kappa shape index (κ2) is 8.45. The van der Waals surface area contributed by atoms with Crippen molar-refractivity contribution in [2.75, 3.05) is 26.4 Å². The van der Waals surface area contributed by atoms with Gasteiger partial charge in [0, 0.05) is 33.3 Å². The molecule has 0 aliphatic carbocycles. The molecule has 0 bridgehead atoms. The van der Waals surface area contributed by atoms with Crippen LogP contribution in [0, 0.1) is 6.92 Å². The Balaban J connectivity index is 2.19. The third-order valence-electron chi connectivity index (χ3n) is 4.54. The van der Waals surface area contributed by atoms with Crippen LogP contribution < -0.4 is 0 Å². The summed E-state index contributed by atoms with van der Waals surface area (Å²) in [7, 11) is -0.390. The monoisotopic (exact) mass is 476 g/mol. The number of aromatic nitrogens is 1. The van der Waals surface area contributed by atoms with Gasteiger partial charge in [0.15, 0.2) is 0 Å². The quantitative estimate of drug-likeness (QED) is 0.440. The van der Waals surface area contributed by atoms with Gasteiger partial charge < -0.3 is 4.90 Å². The van der Waals surface area contributed by atoms with Gasteiger partial charge >= 0.3 is 6.18 Å². The fourth-order valence-electron chi connectivity index (χ4n) is 3.10. The summed E-state index contributed by atoms with van der Waals surface area (Å²) in [6.07, 6.45) is -4.64.